The van der Waals surface area contributed by atoms with Crippen LogP contribution in [-0.2, 0) is 4.79 Å². The van der Waals surface area contributed by atoms with Crippen LogP contribution in [0.15, 0.2) is 93.0 Å². The molecule has 4 rings (SSSR count). The lowest BCUT2D eigenvalue weighted by Crippen LogP contribution is -2.14. The highest BCUT2D eigenvalue weighted by atomic mass is 32.2. The molecule has 0 bridgehead atoms. The molecule has 0 saturated carbocycles. The Morgan fingerprint density at radius 2 is 1.74 bits per heavy atom. The van der Waals surface area contributed by atoms with E-state index in [0.717, 1.165) is 15.5 Å². The number of rotatable bonds is 7. The van der Waals surface area contributed by atoms with Crippen LogP contribution >= 0.6 is 47.1 Å². The Morgan fingerprint density at radius 1 is 1.03 bits per heavy atom. The van der Waals surface area contributed by atoms with E-state index in [-0.39, 0.29) is 17.5 Å². The van der Waals surface area contributed by atoms with E-state index in [1.165, 1.54) is 35.2 Å². The lowest BCUT2D eigenvalue weighted by Gasteiger charge is -2.10. The van der Waals surface area contributed by atoms with Gasteiger partial charge in [-0.25, -0.2) is 9.07 Å². The second-order valence-corrected chi connectivity index (χ2v) is 10.2. The molecule has 1 amide bonds. The maximum atomic E-state index is 13.1. The lowest BCUT2D eigenvalue weighted by atomic mass is 10.3. The molecule has 4 nitrogen and oxygen atoms in total. The molecule has 156 valence electrons. The number of halogens is 1. The molecule has 3 aromatic carbocycles. The van der Waals surface area contributed by atoms with Gasteiger partial charge in [-0.15, -0.1) is 5.10 Å². The number of para-hydroxylation sites is 1. The Morgan fingerprint density at radius 3 is 2.52 bits per heavy atom. The van der Waals surface area contributed by atoms with E-state index in [1.54, 1.807) is 28.6 Å². The van der Waals surface area contributed by atoms with Crippen molar-refractivity contribution in [3.63, 3.8) is 0 Å². The second kappa shape index (κ2) is 10.2. The van der Waals surface area contributed by atoms with Gasteiger partial charge in [-0.3, -0.25) is 4.79 Å². The molecule has 31 heavy (non-hydrogen) atoms. The second-order valence-electron chi connectivity index (χ2n) is 6.27. The first kappa shape index (κ1) is 21.8. The molecule has 0 unspecified atom stereocenters. The van der Waals surface area contributed by atoms with Crippen molar-refractivity contribution in [2.75, 3.05) is 11.1 Å². The van der Waals surface area contributed by atoms with E-state index in [1.807, 2.05) is 54.6 Å². The number of amides is 1. The van der Waals surface area contributed by atoms with Crippen molar-refractivity contribution >= 4 is 58.7 Å². The van der Waals surface area contributed by atoms with Gasteiger partial charge in [0.15, 0.2) is 8.29 Å². The normalized spacial score (nSPS) is 10.7. The first-order valence-electron chi connectivity index (χ1n) is 9.19. The van der Waals surface area contributed by atoms with E-state index < -0.39 is 0 Å². The molecule has 1 N–H and O–H groups in total. The predicted octanol–water partition coefficient (Wildman–Crippen LogP) is 6.68. The van der Waals surface area contributed by atoms with Gasteiger partial charge < -0.3 is 5.32 Å². The molecule has 1 heterocycles. The van der Waals surface area contributed by atoms with Crippen LogP contribution in [0.4, 0.5) is 10.1 Å². The number of hydrogen-bond donors (Lipinski definition) is 1. The number of thioether (sulfide) groups is 1. The summed E-state index contributed by atoms with van der Waals surface area (Å²) < 4.78 is 15.9. The highest BCUT2D eigenvalue weighted by Gasteiger charge is 2.12. The molecule has 0 spiro atoms. The molecule has 0 aliphatic carbocycles. The van der Waals surface area contributed by atoms with E-state index in [2.05, 4.69) is 10.4 Å². The summed E-state index contributed by atoms with van der Waals surface area (Å²) in [6.07, 6.45) is 0. The fourth-order valence-corrected chi connectivity index (χ4v) is 5.74. The van der Waals surface area contributed by atoms with E-state index in [9.17, 15) is 9.18 Å². The van der Waals surface area contributed by atoms with Gasteiger partial charge in [0.2, 0.25) is 5.91 Å². The van der Waals surface area contributed by atoms with Gasteiger partial charge >= 0.3 is 0 Å². The first-order valence-corrected chi connectivity index (χ1v) is 12.2. The Kier molecular flexibility index (Phi) is 7.18. The van der Waals surface area contributed by atoms with Gasteiger partial charge in [-0.1, -0.05) is 65.2 Å². The summed E-state index contributed by atoms with van der Waals surface area (Å²) >= 11 is 9.60. The largest absolute Gasteiger partial charge is 0.324 e. The third kappa shape index (κ3) is 5.82. The molecule has 1 aromatic heterocycles. The molecule has 0 atom stereocenters. The van der Waals surface area contributed by atoms with Crippen LogP contribution in [0.2, 0.25) is 0 Å². The Balaban J connectivity index is 1.40. The Labute approximate surface area is 196 Å². The maximum Gasteiger partial charge on any atom is 0.234 e. The summed E-state index contributed by atoms with van der Waals surface area (Å²) in [6, 6.07) is 23.7. The van der Waals surface area contributed by atoms with Crippen LogP contribution in [0.3, 0.4) is 0 Å². The van der Waals surface area contributed by atoms with E-state index in [4.69, 9.17) is 12.2 Å². The van der Waals surface area contributed by atoms with Crippen molar-refractivity contribution in [3.8, 4) is 5.69 Å². The molecular formula is C22H16FN3OS4. The molecule has 0 aliphatic heterocycles. The van der Waals surface area contributed by atoms with Gasteiger partial charge in [0, 0.05) is 9.79 Å². The van der Waals surface area contributed by atoms with Crippen molar-refractivity contribution in [2.24, 2.45) is 0 Å². The number of benzene rings is 3. The maximum absolute atomic E-state index is 13.1. The van der Waals surface area contributed by atoms with E-state index in [0.29, 0.717) is 14.0 Å². The summed E-state index contributed by atoms with van der Waals surface area (Å²) in [5.74, 6) is -0.237. The zero-order chi connectivity index (χ0) is 21.6. The zero-order valence-electron chi connectivity index (χ0n) is 16.0. The molecule has 0 fully saturated rings. The fraction of sp³-hybridized carbons (Fsp3) is 0.0455. The van der Waals surface area contributed by atoms with Gasteiger partial charge in [-0.2, -0.15) is 0 Å². The summed E-state index contributed by atoms with van der Waals surface area (Å²) in [6.45, 7) is 0. The van der Waals surface area contributed by atoms with Crippen molar-refractivity contribution in [1.82, 2.24) is 9.78 Å². The van der Waals surface area contributed by atoms with Crippen LogP contribution in [-0.4, -0.2) is 21.4 Å². The van der Waals surface area contributed by atoms with Gasteiger partial charge in [0.25, 0.3) is 0 Å². The standard InChI is InChI=1S/C22H16FN3OS4/c23-15-10-12-16(13-11-15)26-22(28)31-21(25-26)29-14-20(27)24-18-8-4-5-9-19(18)30-17-6-2-1-3-7-17/h1-13H,14H2,(H,24,27). The Hall–Kier alpha value is -2.46. The third-order valence-electron chi connectivity index (χ3n) is 4.06. The predicted molar refractivity (Wildman–Crippen MR) is 129 cm³/mol. The monoisotopic (exact) mass is 485 g/mol. The zero-order valence-corrected chi connectivity index (χ0v) is 19.3. The molecule has 4 aromatic rings. The van der Waals surface area contributed by atoms with E-state index >= 15 is 0 Å². The van der Waals surface area contributed by atoms with Gasteiger partial charge in [0.05, 0.1) is 17.1 Å². The summed E-state index contributed by atoms with van der Waals surface area (Å²) in [5.41, 5.74) is 1.46. The van der Waals surface area contributed by atoms with Crippen molar-refractivity contribution in [3.05, 3.63) is 88.6 Å². The average Bonchev–Trinajstić information content (AvgIpc) is 3.15. The lowest BCUT2D eigenvalue weighted by molar-refractivity contribution is -0.113. The SMILES string of the molecule is O=C(CSc1nn(-c2ccc(F)cc2)c(=S)s1)Nc1ccccc1Sc1ccccc1. The van der Waals surface area contributed by atoms with Crippen LogP contribution in [0.25, 0.3) is 5.69 Å². The molecule has 0 radical (unpaired) electrons. The summed E-state index contributed by atoms with van der Waals surface area (Å²) in [5, 5.41) is 7.43. The summed E-state index contributed by atoms with van der Waals surface area (Å²) in [7, 11) is 0. The number of nitrogens with one attached hydrogen (secondary N) is 1. The minimum Gasteiger partial charge on any atom is -0.324 e. The van der Waals surface area contributed by atoms with Gasteiger partial charge in [0.1, 0.15) is 5.82 Å². The number of anilines is 1. The van der Waals surface area contributed by atoms with Crippen LogP contribution < -0.4 is 5.32 Å². The van der Waals surface area contributed by atoms with Crippen LogP contribution in [0.1, 0.15) is 0 Å². The highest BCUT2D eigenvalue weighted by molar-refractivity contribution is 8.01. The number of carbonyl (C=O) groups is 1. The first-order chi connectivity index (χ1) is 15.1. The third-order valence-corrected chi connectivity index (χ3v) is 7.51. The minimum absolute atomic E-state index is 0.124. The smallest absolute Gasteiger partial charge is 0.234 e. The highest BCUT2D eigenvalue weighted by Crippen LogP contribution is 2.33. The van der Waals surface area contributed by atoms with Crippen molar-refractivity contribution in [2.45, 2.75) is 14.1 Å². The topological polar surface area (TPSA) is 46.9 Å². The molecule has 0 aliphatic rings. The van der Waals surface area contributed by atoms with Crippen molar-refractivity contribution in [1.29, 1.82) is 0 Å². The summed E-state index contributed by atoms with van der Waals surface area (Å²) in [4.78, 5) is 14.6. The Bertz CT molecular complexity index is 1240. The molecule has 0 saturated heterocycles. The minimum atomic E-state index is -0.317. The van der Waals surface area contributed by atoms with Crippen LogP contribution in [0, 0.1) is 9.77 Å². The quantitative estimate of drug-likeness (QED) is 0.234. The van der Waals surface area contributed by atoms with Crippen LogP contribution in [0.5, 0.6) is 0 Å². The average molecular weight is 486 g/mol. The van der Waals surface area contributed by atoms with Gasteiger partial charge in [-0.05, 0) is 60.7 Å². The number of carbonyl (C=O) groups excluding carboxylic acids is 1. The molecule has 9 heteroatoms. The van der Waals surface area contributed by atoms with Crippen molar-refractivity contribution < 1.29 is 9.18 Å². The number of hydrogen-bond acceptors (Lipinski definition) is 6. The number of aromatic nitrogens is 2. The number of nitrogens with zero attached hydrogens (tertiary/aromatic N) is 2. The fourth-order valence-electron chi connectivity index (χ4n) is 2.65. The molecular weight excluding hydrogens is 470 g/mol.